The number of carbonyl (C=O) groups is 2. The predicted octanol–water partition coefficient (Wildman–Crippen LogP) is 2.96. The lowest BCUT2D eigenvalue weighted by Gasteiger charge is -2.36. The van der Waals surface area contributed by atoms with Gasteiger partial charge in [0.15, 0.2) is 0 Å². The number of likely N-dealkylation sites (tertiary alicyclic amines) is 1. The molecule has 2 aliphatic rings. The van der Waals surface area contributed by atoms with Crippen LogP contribution in [-0.2, 0) is 16.1 Å². The van der Waals surface area contributed by atoms with Gasteiger partial charge in [-0.25, -0.2) is 0 Å². The van der Waals surface area contributed by atoms with E-state index in [0.29, 0.717) is 6.67 Å². The first-order valence-corrected chi connectivity index (χ1v) is 10.1. The summed E-state index contributed by atoms with van der Waals surface area (Å²) in [6.07, 6.45) is 0.275. The third kappa shape index (κ3) is 4.27. The van der Waals surface area contributed by atoms with Gasteiger partial charge in [-0.05, 0) is 23.3 Å². The maximum Gasteiger partial charge on any atom is 0.238 e. The Morgan fingerprint density at radius 2 is 1.61 bits per heavy atom. The fourth-order valence-electron chi connectivity index (χ4n) is 3.96. The van der Waals surface area contributed by atoms with Gasteiger partial charge in [-0.1, -0.05) is 54.1 Å². The number of benzene rings is 2. The summed E-state index contributed by atoms with van der Waals surface area (Å²) in [5.41, 5.74) is 2.13. The molecule has 0 unspecified atom stereocenters. The van der Waals surface area contributed by atoms with E-state index in [2.05, 4.69) is 15.9 Å². The lowest BCUT2D eigenvalue weighted by atomic mass is 9.98. The summed E-state index contributed by atoms with van der Waals surface area (Å²) in [5.74, 6) is -0.476. The molecule has 28 heavy (non-hydrogen) atoms. The fourth-order valence-corrected chi connectivity index (χ4v) is 4.17. The van der Waals surface area contributed by atoms with Gasteiger partial charge in [-0.15, -0.1) is 0 Å². The van der Waals surface area contributed by atoms with E-state index in [1.807, 2.05) is 48.5 Å². The molecule has 2 saturated heterocycles. The van der Waals surface area contributed by atoms with Crippen LogP contribution >= 0.6 is 11.6 Å². The minimum atomic E-state index is -0.335. The third-order valence-electron chi connectivity index (χ3n) is 5.55. The number of piperazine rings is 1. The molecule has 0 spiro atoms. The van der Waals surface area contributed by atoms with Crippen LogP contribution < -0.4 is 0 Å². The lowest BCUT2D eigenvalue weighted by molar-refractivity contribution is -0.141. The summed E-state index contributed by atoms with van der Waals surface area (Å²) in [4.78, 5) is 31.2. The average molecular weight is 398 g/mol. The maximum absolute atomic E-state index is 12.8. The number of imide groups is 1. The van der Waals surface area contributed by atoms with E-state index in [1.165, 1.54) is 10.5 Å². The van der Waals surface area contributed by atoms with Gasteiger partial charge in [0, 0.05) is 44.2 Å². The first-order valence-electron chi connectivity index (χ1n) is 9.68. The van der Waals surface area contributed by atoms with Crippen molar-refractivity contribution < 1.29 is 9.59 Å². The molecule has 2 aromatic carbocycles. The standard InChI is InChI=1S/C22H24ClN3O2/c23-19-8-4-5-17(13-19)15-24-9-11-25(12-10-24)16-26-21(27)14-20(22(26)28)18-6-2-1-3-7-18/h1-8,13,20H,9-12,14-16H2/t20-/m0/s1. The molecule has 2 fully saturated rings. The van der Waals surface area contributed by atoms with E-state index in [4.69, 9.17) is 11.6 Å². The second kappa shape index (κ2) is 8.43. The van der Waals surface area contributed by atoms with Gasteiger partial charge in [0.25, 0.3) is 0 Å². The van der Waals surface area contributed by atoms with Crippen molar-refractivity contribution in [2.45, 2.75) is 18.9 Å². The van der Waals surface area contributed by atoms with Crippen molar-refractivity contribution in [1.29, 1.82) is 0 Å². The van der Waals surface area contributed by atoms with Crippen molar-refractivity contribution in [2.24, 2.45) is 0 Å². The molecule has 0 N–H and O–H groups in total. The lowest BCUT2D eigenvalue weighted by Crippen LogP contribution is -2.50. The number of halogens is 1. The van der Waals surface area contributed by atoms with Crippen molar-refractivity contribution >= 4 is 23.4 Å². The van der Waals surface area contributed by atoms with Crippen LogP contribution in [0.1, 0.15) is 23.5 Å². The topological polar surface area (TPSA) is 43.9 Å². The smallest absolute Gasteiger partial charge is 0.238 e. The van der Waals surface area contributed by atoms with E-state index in [1.54, 1.807) is 0 Å². The van der Waals surface area contributed by atoms with Gasteiger partial charge in [0.05, 0.1) is 12.6 Å². The monoisotopic (exact) mass is 397 g/mol. The Bertz CT molecular complexity index is 850. The van der Waals surface area contributed by atoms with Gasteiger partial charge in [0.1, 0.15) is 0 Å². The Morgan fingerprint density at radius 1 is 0.893 bits per heavy atom. The molecule has 0 aromatic heterocycles. The molecule has 0 radical (unpaired) electrons. The Labute approximate surface area is 170 Å². The molecular weight excluding hydrogens is 374 g/mol. The van der Waals surface area contributed by atoms with E-state index in [0.717, 1.165) is 43.3 Å². The summed E-state index contributed by atoms with van der Waals surface area (Å²) >= 11 is 6.07. The van der Waals surface area contributed by atoms with Crippen molar-refractivity contribution in [3.8, 4) is 0 Å². The van der Waals surface area contributed by atoms with Crippen molar-refractivity contribution in [2.75, 3.05) is 32.8 Å². The molecule has 0 aliphatic carbocycles. The first kappa shape index (κ1) is 19.1. The first-order chi connectivity index (χ1) is 13.6. The van der Waals surface area contributed by atoms with Crippen LogP contribution in [0.5, 0.6) is 0 Å². The van der Waals surface area contributed by atoms with Gasteiger partial charge >= 0.3 is 0 Å². The quantitative estimate of drug-likeness (QED) is 0.727. The molecule has 4 rings (SSSR count). The van der Waals surface area contributed by atoms with E-state index in [9.17, 15) is 9.59 Å². The Morgan fingerprint density at radius 3 is 2.32 bits per heavy atom. The number of nitrogens with zero attached hydrogens (tertiary/aromatic N) is 3. The summed E-state index contributed by atoms with van der Waals surface area (Å²) in [6, 6.07) is 17.5. The maximum atomic E-state index is 12.8. The molecule has 2 amide bonds. The number of hydrogen-bond donors (Lipinski definition) is 0. The summed E-state index contributed by atoms with van der Waals surface area (Å²) in [7, 11) is 0. The summed E-state index contributed by atoms with van der Waals surface area (Å²) in [5, 5.41) is 0.759. The molecule has 0 bridgehead atoms. The highest BCUT2D eigenvalue weighted by Crippen LogP contribution is 2.29. The highest BCUT2D eigenvalue weighted by Gasteiger charge is 2.40. The van der Waals surface area contributed by atoms with Gasteiger partial charge in [-0.2, -0.15) is 0 Å². The van der Waals surface area contributed by atoms with Crippen LogP contribution in [0.4, 0.5) is 0 Å². The van der Waals surface area contributed by atoms with Crippen LogP contribution in [0.15, 0.2) is 54.6 Å². The zero-order chi connectivity index (χ0) is 19.5. The molecule has 2 aromatic rings. The van der Waals surface area contributed by atoms with E-state index >= 15 is 0 Å². The minimum Gasteiger partial charge on any atom is -0.297 e. The average Bonchev–Trinajstić information content (AvgIpc) is 2.98. The Kier molecular flexibility index (Phi) is 5.76. The number of amides is 2. The van der Waals surface area contributed by atoms with Crippen molar-refractivity contribution in [3.05, 3.63) is 70.7 Å². The van der Waals surface area contributed by atoms with Gasteiger partial charge in [-0.3, -0.25) is 24.3 Å². The van der Waals surface area contributed by atoms with Crippen molar-refractivity contribution in [1.82, 2.24) is 14.7 Å². The second-order valence-corrected chi connectivity index (χ2v) is 7.93. The number of hydrogen-bond acceptors (Lipinski definition) is 4. The SMILES string of the molecule is O=C1C[C@@H](c2ccccc2)C(=O)N1CN1CCN(Cc2cccc(Cl)c2)CC1. The fraction of sp³-hybridized carbons (Fsp3) is 0.364. The molecule has 2 aliphatic heterocycles. The van der Waals surface area contributed by atoms with Crippen LogP contribution in [0.3, 0.4) is 0 Å². The van der Waals surface area contributed by atoms with Gasteiger partial charge in [0.2, 0.25) is 11.8 Å². The van der Waals surface area contributed by atoms with Crippen LogP contribution in [0.2, 0.25) is 5.02 Å². The number of carbonyl (C=O) groups excluding carboxylic acids is 2. The zero-order valence-electron chi connectivity index (χ0n) is 15.8. The minimum absolute atomic E-state index is 0.0692. The number of rotatable bonds is 5. The van der Waals surface area contributed by atoms with E-state index in [-0.39, 0.29) is 24.2 Å². The van der Waals surface area contributed by atoms with Crippen molar-refractivity contribution in [3.63, 3.8) is 0 Å². The highest BCUT2D eigenvalue weighted by molar-refractivity contribution is 6.30. The molecule has 1 atom stereocenters. The van der Waals surface area contributed by atoms with Gasteiger partial charge < -0.3 is 0 Å². The second-order valence-electron chi connectivity index (χ2n) is 7.49. The van der Waals surface area contributed by atoms with Crippen LogP contribution in [0.25, 0.3) is 0 Å². The molecule has 0 saturated carbocycles. The highest BCUT2D eigenvalue weighted by atomic mass is 35.5. The Hall–Kier alpha value is -2.21. The summed E-state index contributed by atoms with van der Waals surface area (Å²) < 4.78 is 0. The normalized spacial score (nSPS) is 21.5. The predicted molar refractivity (Wildman–Crippen MR) is 109 cm³/mol. The third-order valence-corrected chi connectivity index (χ3v) is 5.78. The largest absolute Gasteiger partial charge is 0.297 e. The molecule has 6 heteroatoms. The summed E-state index contributed by atoms with van der Waals surface area (Å²) in [6.45, 7) is 4.76. The van der Waals surface area contributed by atoms with Crippen LogP contribution in [0, 0.1) is 0 Å². The Balaban J connectivity index is 1.31. The molecule has 146 valence electrons. The molecule has 2 heterocycles. The zero-order valence-corrected chi connectivity index (χ0v) is 16.5. The van der Waals surface area contributed by atoms with E-state index < -0.39 is 0 Å². The van der Waals surface area contributed by atoms with Crippen LogP contribution in [-0.4, -0.2) is 59.4 Å². The molecular formula is C22H24ClN3O2. The molecule has 5 nitrogen and oxygen atoms in total.